The SMILES string of the molecule is Cc1nc2sc3c(c2c(=O)n1Cc1cn(CCC(F)(F)C(F)(F)C(F)(F)C(F)(F)C(F)(F)C(F)(F)C(F)(F)C(F)(F)F)nn1)CCCC3. The Hall–Kier alpha value is -3.21. The average Bonchev–Trinajstić information content (AvgIpc) is 3.56. The molecule has 0 spiro atoms. The van der Waals surface area contributed by atoms with Crippen molar-refractivity contribution in [1.29, 1.82) is 0 Å². The Bertz CT molecular complexity index is 1740. The second kappa shape index (κ2) is 11.4. The number of rotatable bonds is 11. The molecule has 0 amide bonds. The molecule has 0 radical (unpaired) electrons. The lowest BCUT2D eigenvalue weighted by Crippen LogP contribution is -2.74. The second-order valence-electron chi connectivity index (χ2n) is 10.8. The van der Waals surface area contributed by atoms with Crippen molar-refractivity contribution in [3.05, 3.63) is 38.5 Å². The van der Waals surface area contributed by atoms with E-state index in [1.807, 2.05) is 0 Å². The molecule has 24 heteroatoms. The Morgan fingerprint density at radius 2 is 1.27 bits per heavy atom. The van der Waals surface area contributed by atoms with Crippen LogP contribution in [0, 0.1) is 6.92 Å². The number of alkyl halides is 17. The van der Waals surface area contributed by atoms with Crippen LogP contribution in [0.25, 0.3) is 10.2 Å². The number of halogens is 17. The van der Waals surface area contributed by atoms with Crippen LogP contribution in [0.3, 0.4) is 0 Å². The predicted molar refractivity (Wildman–Crippen MR) is 130 cm³/mol. The van der Waals surface area contributed by atoms with Gasteiger partial charge in [-0.15, -0.1) is 16.4 Å². The molecule has 1 aliphatic carbocycles. The Morgan fingerprint density at radius 1 is 0.750 bits per heavy atom. The van der Waals surface area contributed by atoms with E-state index in [2.05, 4.69) is 15.3 Å². The van der Waals surface area contributed by atoms with Crippen molar-refractivity contribution >= 4 is 21.6 Å². The van der Waals surface area contributed by atoms with Gasteiger partial charge in [0, 0.05) is 17.8 Å². The van der Waals surface area contributed by atoms with Gasteiger partial charge in [-0.1, -0.05) is 5.21 Å². The fraction of sp³-hybridized carbons (Fsp3) is 0.667. The molecule has 1 aliphatic rings. The van der Waals surface area contributed by atoms with Gasteiger partial charge in [0.1, 0.15) is 16.3 Å². The zero-order valence-electron chi connectivity index (χ0n) is 23.5. The third kappa shape index (κ3) is 5.39. The lowest BCUT2D eigenvalue weighted by molar-refractivity contribution is -0.461. The Morgan fingerprint density at radius 3 is 1.83 bits per heavy atom. The van der Waals surface area contributed by atoms with Crippen LogP contribution in [0.5, 0.6) is 0 Å². The fourth-order valence-corrected chi connectivity index (χ4v) is 6.11. The summed E-state index contributed by atoms with van der Waals surface area (Å²) in [5.41, 5.74) is 0.0123. The summed E-state index contributed by atoms with van der Waals surface area (Å²) >= 11 is 1.32. The highest BCUT2D eigenvalue weighted by molar-refractivity contribution is 7.18. The molecule has 4 rings (SSSR count). The molecule has 0 atom stereocenters. The third-order valence-electron chi connectivity index (χ3n) is 7.61. The summed E-state index contributed by atoms with van der Waals surface area (Å²) in [6.45, 7) is -0.674. The van der Waals surface area contributed by atoms with Crippen LogP contribution in [-0.2, 0) is 25.9 Å². The molecule has 0 N–H and O–H groups in total. The highest BCUT2D eigenvalue weighted by Gasteiger charge is 2.95. The Labute approximate surface area is 259 Å². The minimum Gasteiger partial charge on any atom is -0.290 e. The van der Waals surface area contributed by atoms with E-state index >= 15 is 0 Å². The maximum absolute atomic E-state index is 14.3. The Kier molecular flexibility index (Phi) is 8.95. The maximum Gasteiger partial charge on any atom is 0.460 e. The quantitative estimate of drug-likeness (QED) is 0.189. The second-order valence-corrected chi connectivity index (χ2v) is 11.9. The van der Waals surface area contributed by atoms with Gasteiger partial charge in [0.15, 0.2) is 0 Å². The average molecular weight is 747 g/mol. The van der Waals surface area contributed by atoms with Crippen LogP contribution in [0.2, 0.25) is 0 Å². The molecule has 0 unspecified atom stereocenters. The standard InChI is InChI=1S/C24H18F17N5OS/c1-10-42-15-14(12-4-2-3-5-13(12)48-15)16(47)46(10)9-11-8-45(44-43-11)7-6-17(25,26)18(27,28)19(29,30)20(31,32)21(33,34)22(35,36)23(37,38)24(39,40)41/h8H,2-7,9H2,1H3. The zero-order valence-corrected chi connectivity index (χ0v) is 24.3. The van der Waals surface area contributed by atoms with Crippen molar-refractivity contribution in [3.63, 3.8) is 0 Å². The highest BCUT2D eigenvalue weighted by atomic mass is 32.1. The molecule has 48 heavy (non-hydrogen) atoms. The van der Waals surface area contributed by atoms with E-state index in [1.54, 1.807) is 0 Å². The normalized spacial score (nSPS) is 16.1. The Balaban J connectivity index is 1.56. The molecule has 270 valence electrons. The van der Waals surface area contributed by atoms with E-state index in [4.69, 9.17) is 0 Å². The smallest absolute Gasteiger partial charge is 0.290 e. The van der Waals surface area contributed by atoms with Gasteiger partial charge in [-0.05, 0) is 38.2 Å². The summed E-state index contributed by atoms with van der Waals surface area (Å²) in [4.78, 5) is 19.0. The van der Waals surface area contributed by atoms with E-state index in [9.17, 15) is 79.4 Å². The number of fused-ring (bicyclic) bond motifs is 3. The van der Waals surface area contributed by atoms with Gasteiger partial charge in [-0.25, -0.2) is 4.98 Å². The van der Waals surface area contributed by atoms with Gasteiger partial charge in [0.05, 0.1) is 18.1 Å². The van der Waals surface area contributed by atoms with E-state index in [1.165, 1.54) is 18.3 Å². The minimum atomic E-state index is -8.68. The maximum atomic E-state index is 14.3. The lowest BCUT2D eigenvalue weighted by Gasteiger charge is -2.42. The van der Waals surface area contributed by atoms with Gasteiger partial charge in [0.25, 0.3) is 5.56 Å². The number of aryl methyl sites for hydroxylation is 4. The van der Waals surface area contributed by atoms with E-state index in [-0.39, 0.29) is 16.2 Å². The zero-order chi connectivity index (χ0) is 36.7. The lowest BCUT2D eigenvalue weighted by atomic mass is 9.88. The summed E-state index contributed by atoms with van der Waals surface area (Å²) in [5.74, 6) is -56.6. The third-order valence-corrected chi connectivity index (χ3v) is 8.80. The van der Waals surface area contributed by atoms with Crippen molar-refractivity contribution in [2.24, 2.45) is 0 Å². The fourth-order valence-electron chi connectivity index (χ4n) is 4.82. The number of hydrogen-bond acceptors (Lipinski definition) is 5. The van der Waals surface area contributed by atoms with Crippen molar-refractivity contribution in [2.75, 3.05) is 0 Å². The number of nitrogens with zero attached hydrogens (tertiary/aromatic N) is 5. The number of hydrogen-bond donors (Lipinski definition) is 0. The summed E-state index contributed by atoms with van der Waals surface area (Å²) < 4.78 is 231. The van der Waals surface area contributed by atoms with Gasteiger partial charge >= 0.3 is 47.6 Å². The predicted octanol–water partition coefficient (Wildman–Crippen LogP) is 7.68. The molecule has 0 saturated carbocycles. The van der Waals surface area contributed by atoms with Crippen LogP contribution >= 0.6 is 11.3 Å². The monoisotopic (exact) mass is 747 g/mol. The first kappa shape index (κ1) is 37.6. The summed E-state index contributed by atoms with van der Waals surface area (Å²) in [6.07, 6.45) is -6.79. The number of aromatic nitrogens is 5. The van der Waals surface area contributed by atoms with Gasteiger partial charge in [-0.2, -0.15) is 74.6 Å². The van der Waals surface area contributed by atoms with Crippen LogP contribution in [0.15, 0.2) is 11.0 Å². The van der Waals surface area contributed by atoms with Crippen molar-refractivity contribution < 1.29 is 74.6 Å². The first-order valence-corrected chi connectivity index (χ1v) is 14.0. The molecule has 0 fully saturated rings. The molecule has 3 aromatic rings. The van der Waals surface area contributed by atoms with Gasteiger partial charge < -0.3 is 0 Å². The van der Waals surface area contributed by atoms with Crippen molar-refractivity contribution in [2.45, 2.75) is 99.8 Å². The van der Waals surface area contributed by atoms with Crippen molar-refractivity contribution in [3.8, 4) is 0 Å². The summed E-state index contributed by atoms with van der Waals surface area (Å²) in [5, 5.41) is 7.02. The summed E-state index contributed by atoms with van der Waals surface area (Å²) in [6, 6.07) is 0. The van der Waals surface area contributed by atoms with Crippen LogP contribution in [0.4, 0.5) is 74.6 Å². The summed E-state index contributed by atoms with van der Waals surface area (Å²) in [7, 11) is 0. The van der Waals surface area contributed by atoms with Gasteiger partial charge in [0.2, 0.25) is 0 Å². The molecule has 3 heterocycles. The van der Waals surface area contributed by atoms with Crippen molar-refractivity contribution in [1.82, 2.24) is 24.5 Å². The molecule has 0 aromatic carbocycles. The van der Waals surface area contributed by atoms with Crippen LogP contribution < -0.4 is 5.56 Å². The molecular formula is C24H18F17N5OS. The number of thiophene rings is 1. The molecule has 0 aliphatic heterocycles. The highest BCUT2D eigenvalue weighted by Crippen LogP contribution is 2.64. The first-order chi connectivity index (χ1) is 21.6. The molecular weight excluding hydrogens is 729 g/mol. The van der Waals surface area contributed by atoms with Gasteiger partial charge in [-0.3, -0.25) is 14.0 Å². The minimum absolute atomic E-state index is 0.144. The first-order valence-electron chi connectivity index (χ1n) is 13.2. The largest absolute Gasteiger partial charge is 0.460 e. The van der Waals surface area contributed by atoms with Crippen LogP contribution in [0.1, 0.15) is 41.2 Å². The van der Waals surface area contributed by atoms with E-state index in [0.717, 1.165) is 34.3 Å². The molecule has 3 aromatic heterocycles. The van der Waals surface area contributed by atoms with E-state index < -0.39 is 72.7 Å². The topological polar surface area (TPSA) is 65.6 Å². The van der Waals surface area contributed by atoms with Crippen LogP contribution in [-0.4, -0.2) is 72.2 Å². The van der Waals surface area contributed by atoms with E-state index in [0.29, 0.717) is 22.8 Å². The molecule has 0 saturated heterocycles. The molecule has 0 bridgehead atoms. The molecule has 6 nitrogen and oxygen atoms in total.